The van der Waals surface area contributed by atoms with E-state index in [9.17, 15) is 0 Å². The van der Waals surface area contributed by atoms with E-state index in [4.69, 9.17) is 8.83 Å². The Hall–Kier alpha value is -7.16. The highest BCUT2D eigenvalue weighted by molar-refractivity contribution is 6.25. The molecule has 1 aliphatic rings. The Morgan fingerprint density at radius 1 is 0.333 bits per heavy atom. The van der Waals surface area contributed by atoms with Crippen molar-refractivity contribution in [2.24, 2.45) is 0 Å². The average molecular weight is 727 g/mol. The van der Waals surface area contributed by atoms with Gasteiger partial charge in [-0.3, -0.25) is 0 Å². The molecule has 0 radical (unpaired) electrons. The van der Waals surface area contributed by atoms with Crippen LogP contribution in [0.2, 0.25) is 0 Å². The molecule has 0 saturated carbocycles. The smallest absolute Gasteiger partial charge is 0.143 e. The van der Waals surface area contributed by atoms with E-state index in [1.54, 1.807) is 0 Å². The van der Waals surface area contributed by atoms with Crippen molar-refractivity contribution in [3.63, 3.8) is 0 Å². The summed E-state index contributed by atoms with van der Waals surface area (Å²) >= 11 is 0. The van der Waals surface area contributed by atoms with Crippen LogP contribution in [0.5, 0.6) is 0 Å². The normalized spacial score (nSPS) is 13.6. The lowest BCUT2D eigenvalue weighted by Gasteiger charge is -2.23. The topological polar surface area (TPSA) is 26.3 Å². The minimum Gasteiger partial charge on any atom is -0.455 e. The number of rotatable bonds is 2. The molecule has 0 bridgehead atoms. The lowest BCUT2D eigenvalue weighted by molar-refractivity contribution is 0.660. The molecule has 2 heterocycles. The van der Waals surface area contributed by atoms with Crippen LogP contribution >= 0.6 is 0 Å². The van der Waals surface area contributed by atoms with Gasteiger partial charge < -0.3 is 8.83 Å². The molecule has 266 valence electrons. The van der Waals surface area contributed by atoms with E-state index in [0.717, 1.165) is 44.2 Å². The predicted molar refractivity (Wildman–Crippen MR) is 239 cm³/mol. The van der Waals surface area contributed by atoms with Gasteiger partial charge in [0.2, 0.25) is 0 Å². The third kappa shape index (κ3) is 4.25. The second-order valence-electron chi connectivity index (χ2n) is 16.4. The molecule has 57 heavy (non-hydrogen) atoms. The highest BCUT2D eigenvalue weighted by Crippen LogP contribution is 2.52. The molecule has 0 fully saturated rings. The minimum absolute atomic E-state index is 0.236. The van der Waals surface area contributed by atoms with Crippen LogP contribution in [0.15, 0.2) is 179 Å². The third-order valence-electron chi connectivity index (χ3n) is 13.0. The maximum Gasteiger partial charge on any atom is 0.143 e. The van der Waals surface area contributed by atoms with E-state index in [1.807, 2.05) is 0 Å². The number of benzene rings is 10. The largest absolute Gasteiger partial charge is 0.455 e. The Balaban J connectivity index is 0.992. The zero-order valence-electron chi connectivity index (χ0n) is 31.5. The van der Waals surface area contributed by atoms with Crippen molar-refractivity contribution in [2.75, 3.05) is 0 Å². The summed E-state index contributed by atoms with van der Waals surface area (Å²) in [6.07, 6.45) is 0. The number of furan rings is 2. The van der Waals surface area contributed by atoms with Crippen molar-refractivity contribution in [3.8, 4) is 33.4 Å². The van der Waals surface area contributed by atoms with Crippen LogP contribution < -0.4 is 0 Å². The van der Waals surface area contributed by atoms with Crippen LogP contribution in [-0.2, 0) is 5.41 Å². The predicted octanol–water partition coefficient (Wildman–Crippen LogP) is 15.7. The summed E-state index contributed by atoms with van der Waals surface area (Å²) in [5, 5.41) is 14.3. The lowest BCUT2D eigenvalue weighted by atomic mass is 9.80. The van der Waals surface area contributed by atoms with Gasteiger partial charge in [-0.2, -0.15) is 0 Å². The molecule has 0 atom stereocenters. The Morgan fingerprint density at radius 2 is 0.719 bits per heavy atom. The van der Waals surface area contributed by atoms with E-state index >= 15 is 0 Å². The van der Waals surface area contributed by atoms with Gasteiger partial charge in [0.1, 0.15) is 22.3 Å². The van der Waals surface area contributed by atoms with Gasteiger partial charge in [0.25, 0.3) is 0 Å². The standard InChI is InChI=1S/C55H34O2/c1-55(2)47-27-37(43-25-35-15-7-9-17-39(35)51-45-23-31-11-3-5-13-33(31)29-49(45)56-53(43)51)19-21-41(47)42-22-20-38(28-48(42)55)44-26-36-16-8-10-18-40(36)52-46-24-32-12-4-6-14-34(32)30-50(46)57-54(44)52/h3-30H,1-2H3. The monoisotopic (exact) mass is 726 g/mol. The summed E-state index contributed by atoms with van der Waals surface area (Å²) in [6.45, 7) is 4.74. The molecule has 10 aromatic carbocycles. The molecule has 1 aliphatic carbocycles. The van der Waals surface area contributed by atoms with Gasteiger partial charge >= 0.3 is 0 Å². The fraction of sp³-hybridized carbons (Fsp3) is 0.0545. The molecule has 0 N–H and O–H groups in total. The first-order valence-corrected chi connectivity index (χ1v) is 19.8. The van der Waals surface area contributed by atoms with Crippen LogP contribution in [0.4, 0.5) is 0 Å². The van der Waals surface area contributed by atoms with E-state index in [-0.39, 0.29) is 5.41 Å². The Bertz CT molecular complexity index is 3480. The summed E-state index contributed by atoms with van der Waals surface area (Å²) in [6, 6.07) is 62.2. The fourth-order valence-electron chi connectivity index (χ4n) is 10.1. The van der Waals surface area contributed by atoms with Crippen LogP contribution in [-0.4, -0.2) is 0 Å². The lowest BCUT2D eigenvalue weighted by Crippen LogP contribution is -2.15. The van der Waals surface area contributed by atoms with Gasteiger partial charge in [0.15, 0.2) is 0 Å². The molecular formula is C55H34O2. The van der Waals surface area contributed by atoms with Gasteiger partial charge in [0, 0.05) is 38.1 Å². The zero-order valence-corrected chi connectivity index (χ0v) is 31.5. The molecule has 0 spiro atoms. The fourth-order valence-corrected chi connectivity index (χ4v) is 10.1. The SMILES string of the molecule is CC1(C)c2cc(-c3cc4ccccc4c4c3oc3cc5ccccc5cc34)ccc2-c2ccc(-c3cc4ccccc4c4c3oc3cc5ccccc5cc34)cc21. The molecule has 0 amide bonds. The summed E-state index contributed by atoms with van der Waals surface area (Å²) in [5.74, 6) is 0. The van der Waals surface area contributed by atoms with Crippen molar-refractivity contribution in [3.05, 3.63) is 181 Å². The molecule has 13 rings (SSSR count). The first-order valence-electron chi connectivity index (χ1n) is 19.8. The van der Waals surface area contributed by atoms with Crippen molar-refractivity contribution in [1.82, 2.24) is 0 Å². The molecule has 2 heteroatoms. The second kappa shape index (κ2) is 11.0. The Morgan fingerprint density at radius 3 is 1.16 bits per heavy atom. The Kier molecular flexibility index (Phi) is 6.00. The van der Waals surface area contributed by atoms with Crippen molar-refractivity contribution >= 4 is 87.0 Å². The van der Waals surface area contributed by atoms with Gasteiger partial charge in [-0.05, 0) is 125 Å². The molecule has 0 aliphatic heterocycles. The summed E-state index contributed by atoms with van der Waals surface area (Å²) in [4.78, 5) is 0. The number of fused-ring (bicyclic) bond motifs is 15. The molecule has 0 saturated heterocycles. The quantitative estimate of drug-likeness (QED) is 0.177. The van der Waals surface area contributed by atoms with Crippen molar-refractivity contribution < 1.29 is 8.83 Å². The minimum atomic E-state index is -0.236. The van der Waals surface area contributed by atoms with Gasteiger partial charge in [-0.1, -0.05) is 135 Å². The first-order chi connectivity index (χ1) is 28.0. The third-order valence-corrected chi connectivity index (χ3v) is 13.0. The van der Waals surface area contributed by atoms with Gasteiger partial charge in [-0.25, -0.2) is 0 Å². The number of hydrogen-bond acceptors (Lipinski definition) is 2. The average Bonchev–Trinajstić information content (AvgIpc) is 3.88. The van der Waals surface area contributed by atoms with Crippen LogP contribution in [0.3, 0.4) is 0 Å². The zero-order chi connectivity index (χ0) is 37.6. The maximum atomic E-state index is 6.85. The molecule has 2 nitrogen and oxygen atoms in total. The highest BCUT2D eigenvalue weighted by Gasteiger charge is 2.36. The van der Waals surface area contributed by atoms with Crippen LogP contribution in [0.1, 0.15) is 25.0 Å². The van der Waals surface area contributed by atoms with E-state index in [2.05, 4.69) is 184 Å². The molecular weight excluding hydrogens is 693 g/mol. The molecule has 0 unspecified atom stereocenters. The van der Waals surface area contributed by atoms with E-state index in [1.165, 1.54) is 87.2 Å². The highest BCUT2D eigenvalue weighted by atomic mass is 16.3. The second-order valence-corrected chi connectivity index (χ2v) is 16.4. The first kappa shape index (κ1) is 31.1. The molecule has 2 aromatic heterocycles. The van der Waals surface area contributed by atoms with Crippen molar-refractivity contribution in [2.45, 2.75) is 19.3 Å². The Labute approximate surface area is 328 Å². The van der Waals surface area contributed by atoms with E-state index < -0.39 is 0 Å². The van der Waals surface area contributed by atoms with Crippen LogP contribution in [0.25, 0.3) is 120 Å². The van der Waals surface area contributed by atoms with Gasteiger partial charge in [0.05, 0.1) is 0 Å². The van der Waals surface area contributed by atoms with Gasteiger partial charge in [-0.15, -0.1) is 0 Å². The van der Waals surface area contributed by atoms with Crippen molar-refractivity contribution in [1.29, 1.82) is 0 Å². The summed E-state index contributed by atoms with van der Waals surface area (Å²) in [7, 11) is 0. The number of hydrogen-bond donors (Lipinski definition) is 0. The summed E-state index contributed by atoms with van der Waals surface area (Å²) in [5.41, 5.74) is 13.3. The maximum absolute atomic E-state index is 6.85. The molecule has 12 aromatic rings. The van der Waals surface area contributed by atoms with Crippen LogP contribution in [0, 0.1) is 0 Å². The summed E-state index contributed by atoms with van der Waals surface area (Å²) < 4.78 is 13.7. The van der Waals surface area contributed by atoms with E-state index in [0.29, 0.717) is 0 Å².